The van der Waals surface area contributed by atoms with Crippen LogP contribution in [0.5, 0.6) is 0 Å². The van der Waals surface area contributed by atoms with Gasteiger partial charge in [0.1, 0.15) is 6.54 Å². The first-order chi connectivity index (χ1) is 27.7. The van der Waals surface area contributed by atoms with E-state index in [9.17, 15) is 19.5 Å². The van der Waals surface area contributed by atoms with Gasteiger partial charge in [-0.15, -0.1) is 0 Å². The van der Waals surface area contributed by atoms with Gasteiger partial charge in [-0.3, -0.25) is 14.4 Å². The number of hydrogen-bond acceptors (Lipinski definition) is 7. The number of esters is 2. The van der Waals surface area contributed by atoms with Crippen LogP contribution in [0.4, 0.5) is 0 Å². The zero-order valence-corrected chi connectivity index (χ0v) is 38.8. The second kappa shape index (κ2) is 41.1. The minimum atomic E-state index is -0.318. The maximum Gasteiger partial charge on any atom is 0.325 e. The van der Waals surface area contributed by atoms with Gasteiger partial charge in [0.25, 0.3) is 0 Å². The van der Waals surface area contributed by atoms with E-state index in [0.29, 0.717) is 25.8 Å². The van der Waals surface area contributed by atoms with Crippen molar-refractivity contribution in [3.8, 4) is 0 Å². The first-order valence-corrected chi connectivity index (χ1v) is 24.6. The fourth-order valence-corrected chi connectivity index (χ4v) is 8.10. The molecule has 0 aliphatic rings. The van der Waals surface area contributed by atoms with Crippen molar-refractivity contribution >= 4 is 17.8 Å². The molecule has 338 valence electrons. The number of hydrogen-bond donors (Lipinski definition) is 1. The number of ether oxygens (including phenoxy) is 2. The zero-order valence-electron chi connectivity index (χ0n) is 38.8. The normalized spacial score (nSPS) is 13.1. The molecular formula is C49H96N2O6. The fourth-order valence-electron chi connectivity index (χ4n) is 8.10. The summed E-state index contributed by atoms with van der Waals surface area (Å²) in [5.41, 5.74) is 0. The van der Waals surface area contributed by atoms with Crippen molar-refractivity contribution in [3.63, 3.8) is 0 Å². The minimum Gasteiger partial charge on any atom is -0.465 e. The van der Waals surface area contributed by atoms with Gasteiger partial charge in [-0.2, -0.15) is 0 Å². The van der Waals surface area contributed by atoms with E-state index in [-0.39, 0.29) is 42.8 Å². The van der Waals surface area contributed by atoms with Gasteiger partial charge in [-0.25, -0.2) is 0 Å². The molecule has 0 fully saturated rings. The molecule has 0 saturated carbocycles. The van der Waals surface area contributed by atoms with Crippen LogP contribution < -0.4 is 0 Å². The Morgan fingerprint density at radius 1 is 0.474 bits per heavy atom. The number of aliphatic hydroxyl groups is 1. The van der Waals surface area contributed by atoms with Gasteiger partial charge in [0, 0.05) is 25.6 Å². The quantitative estimate of drug-likeness (QED) is 0.0484. The van der Waals surface area contributed by atoms with Gasteiger partial charge < -0.3 is 24.4 Å². The Labute approximate surface area is 353 Å². The molecule has 0 radical (unpaired) electrons. The van der Waals surface area contributed by atoms with Gasteiger partial charge >= 0.3 is 11.9 Å². The number of carbonyl (C=O) groups is 3. The van der Waals surface area contributed by atoms with Gasteiger partial charge in [0.2, 0.25) is 5.91 Å². The molecule has 1 amide bonds. The van der Waals surface area contributed by atoms with Crippen molar-refractivity contribution in [2.24, 2.45) is 11.8 Å². The van der Waals surface area contributed by atoms with Crippen molar-refractivity contribution in [2.75, 3.05) is 47.0 Å². The Kier molecular flexibility index (Phi) is 39.9. The summed E-state index contributed by atoms with van der Waals surface area (Å²) >= 11 is 0. The third kappa shape index (κ3) is 32.8. The zero-order chi connectivity index (χ0) is 42.2. The molecule has 8 nitrogen and oxygen atoms in total. The van der Waals surface area contributed by atoms with Crippen molar-refractivity contribution in [1.29, 1.82) is 0 Å². The van der Waals surface area contributed by atoms with E-state index in [4.69, 9.17) is 9.47 Å². The average Bonchev–Trinajstić information content (AvgIpc) is 3.20. The highest BCUT2D eigenvalue weighted by Crippen LogP contribution is 2.23. The molecule has 3 atom stereocenters. The molecule has 0 aliphatic heterocycles. The lowest BCUT2D eigenvalue weighted by Crippen LogP contribution is -2.37. The predicted octanol–water partition coefficient (Wildman–Crippen LogP) is 12.6. The predicted molar refractivity (Wildman–Crippen MR) is 240 cm³/mol. The molecule has 0 aromatic rings. The summed E-state index contributed by atoms with van der Waals surface area (Å²) in [6.45, 7) is 10.6. The topological polar surface area (TPSA) is 96.4 Å². The van der Waals surface area contributed by atoms with Gasteiger partial charge in [0.05, 0.1) is 25.7 Å². The third-order valence-electron chi connectivity index (χ3n) is 12.0. The fraction of sp³-hybridized carbons (Fsp3) is 0.939. The maximum atomic E-state index is 13.4. The summed E-state index contributed by atoms with van der Waals surface area (Å²) in [4.78, 5) is 42.9. The summed E-state index contributed by atoms with van der Waals surface area (Å²) in [5, 5.41) is 9.60. The number of nitrogens with zero attached hydrogens (tertiary/aromatic N) is 2. The second-order valence-corrected chi connectivity index (χ2v) is 17.3. The summed E-state index contributed by atoms with van der Waals surface area (Å²) in [5.74, 6) is -0.144. The molecule has 0 aromatic heterocycles. The van der Waals surface area contributed by atoms with Gasteiger partial charge in [0.15, 0.2) is 0 Å². The van der Waals surface area contributed by atoms with Crippen LogP contribution in [-0.4, -0.2) is 85.8 Å². The molecule has 0 heterocycles. The van der Waals surface area contributed by atoms with E-state index in [2.05, 4.69) is 39.6 Å². The second-order valence-electron chi connectivity index (χ2n) is 17.3. The molecule has 0 aliphatic carbocycles. The van der Waals surface area contributed by atoms with Crippen molar-refractivity contribution < 1.29 is 29.0 Å². The average molecular weight is 809 g/mol. The molecule has 3 unspecified atom stereocenters. The Hall–Kier alpha value is -1.67. The molecular weight excluding hydrogens is 713 g/mol. The van der Waals surface area contributed by atoms with Crippen molar-refractivity contribution in [2.45, 2.75) is 239 Å². The summed E-state index contributed by atoms with van der Waals surface area (Å²) in [7, 11) is 3.85. The van der Waals surface area contributed by atoms with Crippen LogP contribution in [0.15, 0.2) is 0 Å². The number of carbonyl (C=O) groups excluding carboxylic acids is 3. The smallest absolute Gasteiger partial charge is 0.325 e. The Balaban J connectivity index is 4.55. The summed E-state index contributed by atoms with van der Waals surface area (Å²) in [6, 6.07) is 0.387. The monoisotopic (exact) mass is 809 g/mol. The summed E-state index contributed by atoms with van der Waals surface area (Å²) < 4.78 is 11.4. The van der Waals surface area contributed by atoms with E-state index >= 15 is 0 Å². The number of likely N-dealkylation sites (N-methyl/N-ethyl adjacent to an activating group) is 2. The highest BCUT2D eigenvalue weighted by molar-refractivity contribution is 5.83. The first kappa shape index (κ1) is 55.3. The Morgan fingerprint density at radius 3 is 1.30 bits per heavy atom. The van der Waals surface area contributed by atoms with E-state index in [1.54, 1.807) is 11.9 Å². The van der Waals surface area contributed by atoms with Crippen LogP contribution in [0.3, 0.4) is 0 Å². The van der Waals surface area contributed by atoms with Gasteiger partial charge in [-0.1, -0.05) is 182 Å². The van der Waals surface area contributed by atoms with Crippen LogP contribution in [0.1, 0.15) is 233 Å². The first-order valence-electron chi connectivity index (χ1n) is 24.6. The molecule has 0 spiro atoms. The highest BCUT2D eigenvalue weighted by Gasteiger charge is 2.24. The largest absolute Gasteiger partial charge is 0.465 e. The van der Waals surface area contributed by atoms with Crippen LogP contribution in [0.2, 0.25) is 0 Å². The van der Waals surface area contributed by atoms with Crippen LogP contribution >= 0.6 is 0 Å². The number of aliphatic hydroxyl groups excluding tert-OH is 1. The number of amides is 1. The number of unbranched alkanes of at least 4 members (excludes halogenated alkanes) is 20. The molecule has 57 heavy (non-hydrogen) atoms. The van der Waals surface area contributed by atoms with Crippen LogP contribution in [0, 0.1) is 11.8 Å². The minimum absolute atomic E-state index is 0.00230. The third-order valence-corrected chi connectivity index (χ3v) is 12.0. The standard InChI is InChI=1S/C49H96N2O6/c1-7-11-15-19-21-27-34-44(33-25-17-13-9-3)48(54)51(6)43-47(53)56-41-31-23-29-37-46(50(5)39-40-52)38-30-24-32-42-57-49(55)45(35-26-18-14-10-4)36-28-22-20-16-12-8-2/h44-46,52H,7-43H2,1-6H3. The molecule has 8 heteroatoms. The van der Waals surface area contributed by atoms with E-state index in [1.807, 2.05) is 0 Å². The lowest BCUT2D eigenvalue weighted by molar-refractivity contribution is -0.150. The van der Waals surface area contributed by atoms with Gasteiger partial charge in [-0.05, 0) is 58.4 Å². The van der Waals surface area contributed by atoms with E-state index in [0.717, 1.165) is 103 Å². The Bertz CT molecular complexity index is 916. The molecule has 0 aromatic carbocycles. The Morgan fingerprint density at radius 2 is 0.842 bits per heavy atom. The molecule has 1 N–H and O–H groups in total. The van der Waals surface area contributed by atoms with Crippen LogP contribution in [0.25, 0.3) is 0 Å². The van der Waals surface area contributed by atoms with E-state index < -0.39 is 0 Å². The highest BCUT2D eigenvalue weighted by atomic mass is 16.5. The summed E-state index contributed by atoms with van der Waals surface area (Å²) in [6.07, 6.45) is 35.9. The molecule has 0 rings (SSSR count). The lowest BCUT2D eigenvalue weighted by Gasteiger charge is -2.27. The van der Waals surface area contributed by atoms with Crippen molar-refractivity contribution in [3.05, 3.63) is 0 Å². The molecule has 0 bridgehead atoms. The number of rotatable bonds is 43. The van der Waals surface area contributed by atoms with Crippen LogP contribution in [-0.2, 0) is 23.9 Å². The molecule has 0 saturated heterocycles. The lowest BCUT2D eigenvalue weighted by atomic mass is 9.93. The van der Waals surface area contributed by atoms with Crippen molar-refractivity contribution in [1.82, 2.24) is 9.80 Å². The maximum absolute atomic E-state index is 13.4. The van der Waals surface area contributed by atoms with E-state index in [1.165, 1.54) is 103 Å². The SMILES string of the molecule is CCCCCCCCC(CCCCCC)C(=O)OCCCCCC(CCCCCOC(=O)CN(C)C(=O)C(CCCCCC)CCCCCCCC)N(C)CCO.